The Morgan fingerprint density at radius 2 is 1.73 bits per heavy atom. The van der Waals surface area contributed by atoms with Crippen molar-refractivity contribution in [3.8, 4) is 0 Å². The smallest absolute Gasteiger partial charge is 0.153 e. The highest BCUT2D eigenvalue weighted by molar-refractivity contribution is 5.96. The van der Waals surface area contributed by atoms with Crippen LogP contribution < -0.4 is 15.5 Å². The summed E-state index contributed by atoms with van der Waals surface area (Å²) in [7, 11) is 1.74. The minimum Gasteiger partial charge on any atom is -0.368 e. The molecule has 2 N–H and O–H groups in total. The minimum absolute atomic E-state index is 0.300. The third-order valence-corrected chi connectivity index (χ3v) is 5.66. The van der Waals surface area contributed by atoms with Gasteiger partial charge in [-0.05, 0) is 49.6 Å². The van der Waals surface area contributed by atoms with Crippen LogP contribution in [0, 0.1) is 11.6 Å². The Morgan fingerprint density at radius 1 is 1.00 bits per heavy atom. The molecule has 0 amide bonds. The van der Waals surface area contributed by atoms with E-state index in [-0.39, 0.29) is 5.82 Å². The van der Waals surface area contributed by atoms with Crippen LogP contribution in [-0.4, -0.2) is 39.9 Å². The van der Waals surface area contributed by atoms with E-state index >= 15 is 4.39 Å². The summed E-state index contributed by atoms with van der Waals surface area (Å²) in [5, 5.41) is 12.5. The number of pyridine rings is 1. The molecule has 1 saturated heterocycles. The van der Waals surface area contributed by atoms with Crippen molar-refractivity contribution < 1.29 is 8.78 Å². The molecule has 0 aliphatic carbocycles. The molecule has 2 unspecified atom stereocenters. The predicted octanol–water partition coefficient (Wildman–Crippen LogP) is 5.36. The van der Waals surface area contributed by atoms with E-state index in [4.69, 9.17) is 0 Å². The van der Waals surface area contributed by atoms with Gasteiger partial charge in [-0.3, -0.25) is 4.68 Å². The molecule has 2 aromatic carbocycles. The van der Waals surface area contributed by atoms with Gasteiger partial charge in [-0.25, -0.2) is 13.8 Å². The topological polar surface area (TPSA) is 58.0 Å². The molecule has 4 aromatic rings. The van der Waals surface area contributed by atoms with Crippen molar-refractivity contribution in [1.29, 1.82) is 0 Å². The van der Waals surface area contributed by atoms with Gasteiger partial charge in [0.15, 0.2) is 5.82 Å². The van der Waals surface area contributed by atoms with Crippen molar-refractivity contribution in [2.45, 2.75) is 39.8 Å². The summed E-state index contributed by atoms with van der Waals surface area (Å²) in [6.45, 7) is 9.89. The summed E-state index contributed by atoms with van der Waals surface area (Å²) >= 11 is 0. The fourth-order valence-electron chi connectivity index (χ4n) is 4.49. The number of nitrogens with zero attached hydrogens (tertiary/aromatic N) is 4. The number of halogens is 2. The molecule has 0 bridgehead atoms. The highest BCUT2D eigenvalue weighted by Gasteiger charge is 2.22. The van der Waals surface area contributed by atoms with Gasteiger partial charge in [-0.2, -0.15) is 5.10 Å². The van der Waals surface area contributed by atoms with E-state index in [2.05, 4.69) is 39.5 Å². The van der Waals surface area contributed by atoms with Crippen molar-refractivity contribution in [2.24, 2.45) is 7.05 Å². The zero-order chi connectivity index (χ0) is 23.7. The van der Waals surface area contributed by atoms with Crippen molar-refractivity contribution in [2.75, 3.05) is 23.3 Å². The maximum absolute atomic E-state index is 15.3. The van der Waals surface area contributed by atoms with Gasteiger partial charge >= 0.3 is 0 Å². The summed E-state index contributed by atoms with van der Waals surface area (Å²) < 4.78 is 31.3. The fourth-order valence-corrected chi connectivity index (χ4v) is 4.49. The number of hydrogen-bond acceptors (Lipinski definition) is 5. The monoisotopic (exact) mass is 452 g/mol. The van der Waals surface area contributed by atoms with Crippen LogP contribution >= 0.6 is 0 Å². The van der Waals surface area contributed by atoms with Crippen LogP contribution in [-0.2, 0) is 7.05 Å². The summed E-state index contributed by atoms with van der Waals surface area (Å²) in [4.78, 5) is 6.53. The molecule has 174 valence electrons. The average molecular weight is 453 g/mol. The highest BCUT2D eigenvalue weighted by Crippen LogP contribution is 2.32. The van der Waals surface area contributed by atoms with E-state index in [0.717, 1.165) is 24.2 Å². The van der Waals surface area contributed by atoms with Gasteiger partial charge in [-0.15, -0.1) is 0 Å². The number of nitrogens with one attached hydrogen (secondary N) is 2. The second-order valence-electron chi connectivity index (χ2n) is 8.38. The van der Waals surface area contributed by atoms with Gasteiger partial charge in [0.2, 0.25) is 0 Å². The minimum atomic E-state index is -0.439. The second kappa shape index (κ2) is 9.31. The fraction of sp³-hybridized carbons (Fsp3) is 0.360. The lowest BCUT2D eigenvalue weighted by Gasteiger charge is -2.37. The van der Waals surface area contributed by atoms with Crippen molar-refractivity contribution in [3.63, 3.8) is 0 Å². The number of benzene rings is 2. The molecule has 6 nitrogen and oxygen atoms in total. The summed E-state index contributed by atoms with van der Waals surface area (Å²) in [6, 6.07) is 9.13. The third kappa shape index (κ3) is 4.61. The van der Waals surface area contributed by atoms with E-state index in [1.54, 1.807) is 42.3 Å². The van der Waals surface area contributed by atoms with E-state index in [0.29, 0.717) is 39.9 Å². The molecule has 33 heavy (non-hydrogen) atoms. The van der Waals surface area contributed by atoms with Gasteiger partial charge in [-0.1, -0.05) is 13.8 Å². The average Bonchev–Trinajstić information content (AvgIpc) is 3.15. The van der Waals surface area contributed by atoms with Gasteiger partial charge in [0.05, 0.1) is 5.39 Å². The molecule has 2 atom stereocenters. The number of rotatable bonds is 3. The van der Waals surface area contributed by atoms with Crippen LogP contribution in [0.2, 0.25) is 0 Å². The molecule has 0 spiro atoms. The Bertz CT molecular complexity index is 1280. The van der Waals surface area contributed by atoms with Gasteiger partial charge < -0.3 is 15.5 Å². The maximum atomic E-state index is 15.3. The molecule has 1 aliphatic heterocycles. The van der Waals surface area contributed by atoms with Gasteiger partial charge in [0, 0.05) is 61.4 Å². The first kappa shape index (κ1) is 22.9. The molecular weight excluding hydrogens is 422 g/mol. The third-order valence-electron chi connectivity index (χ3n) is 5.66. The Kier molecular flexibility index (Phi) is 6.47. The lowest BCUT2D eigenvalue weighted by molar-refractivity contribution is 0.407. The van der Waals surface area contributed by atoms with Crippen LogP contribution in [0.25, 0.3) is 21.7 Å². The number of aryl methyl sites for hydroxylation is 1. The summed E-state index contributed by atoms with van der Waals surface area (Å²) in [6.07, 6.45) is 3.37. The van der Waals surface area contributed by atoms with E-state index in [1.807, 2.05) is 19.9 Å². The number of aromatic nitrogens is 3. The molecule has 0 saturated carbocycles. The number of hydrogen-bond donors (Lipinski definition) is 2. The summed E-state index contributed by atoms with van der Waals surface area (Å²) in [5.41, 5.74) is 1.64. The zero-order valence-corrected chi connectivity index (χ0v) is 19.7. The summed E-state index contributed by atoms with van der Waals surface area (Å²) in [5.74, 6) is -0.443. The van der Waals surface area contributed by atoms with Crippen LogP contribution in [0.15, 0.2) is 42.7 Å². The molecule has 0 radical (unpaired) electrons. The first-order chi connectivity index (χ1) is 15.9. The molecule has 2 aromatic heterocycles. The molecule has 8 heteroatoms. The Hall–Kier alpha value is -3.26. The second-order valence-corrected chi connectivity index (χ2v) is 8.38. The van der Waals surface area contributed by atoms with Crippen molar-refractivity contribution in [1.82, 2.24) is 20.1 Å². The lowest BCUT2D eigenvalue weighted by Crippen LogP contribution is -2.54. The Labute approximate surface area is 192 Å². The number of piperazine rings is 1. The molecule has 1 aliphatic rings. The van der Waals surface area contributed by atoms with Gasteiger partial charge in [0.1, 0.15) is 17.2 Å². The van der Waals surface area contributed by atoms with E-state index < -0.39 is 5.82 Å². The van der Waals surface area contributed by atoms with Crippen molar-refractivity contribution >= 4 is 38.9 Å². The number of fused-ring (bicyclic) bond motifs is 2. The first-order valence-corrected chi connectivity index (χ1v) is 11.4. The maximum Gasteiger partial charge on any atom is 0.153 e. The van der Waals surface area contributed by atoms with E-state index in [9.17, 15) is 4.39 Å². The largest absolute Gasteiger partial charge is 0.368 e. The number of anilines is 3. The van der Waals surface area contributed by atoms with Crippen LogP contribution in [0.4, 0.5) is 26.0 Å². The standard InChI is InChI=1S/C23H24F2N6.C2H6/c1-13-10-31(11-14(2)27-13)18-7-15-4-5-26-23(21(15)19(24)9-18)28-17-6-16-12-30(3)29-22(16)20(25)8-17;1-2/h4-9,12-14,27H,10-11H2,1-3H3,(H,26,28);1-2H3. The van der Waals surface area contributed by atoms with Crippen LogP contribution in [0.3, 0.4) is 0 Å². The molecular formula is C25H30F2N6. The quantitative estimate of drug-likeness (QED) is 0.439. The highest BCUT2D eigenvalue weighted by atomic mass is 19.1. The molecule has 5 rings (SSSR count). The van der Waals surface area contributed by atoms with Gasteiger partial charge in [0.25, 0.3) is 0 Å². The van der Waals surface area contributed by atoms with E-state index in [1.165, 1.54) is 6.07 Å². The Balaban J connectivity index is 0.00000126. The predicted molar refractivity (Wildman–Crippen MR) is 131 cm³/mol. The first-order valence-electron chi connectivity index (χ1n) is 11.4. The SMILES string of the molecule is CC.CC1CN(c2cc(F)c3c(Nc4cc(F)c5nn(C)cc5c4)nccc3c2)CC(C)N1. The molecule has 1 fully saturated rings. The van der Waals surface area contributed by atoms with Crippen LogP contribution in [0.5, 0.6) is 0 Å². The normalized spacial score (nSPS) is 18.3. The molecule has 3 heterocycles. The zero-order valence-electron chi connectivity index (χ0n) is 19.7. The van der Waals surface area contributed by atoms with Crippen molar-refractivity contribution in [3.05, 3.63) is 54.4 Å². The lowest BCUT2D eigenvalue weighted by atomic mass is 10.1. The van der Waals surface area contributed by atoms with Crippen LogP contribution in [0.1, 0.15) is 27.7 Å². The Morgan fingerprint density at radius 3 is 2.45 bits per heavy atom.